The third-order valence-electron chi connectivity index (χ3n) is 3.83. The van der Waals surface area contributed by atoms with E-state index in [4.69, 9.17) is 9.15 Å². The number of hydrogen-bond donors (Lipinski definition) is 0. The molecule has 0 atom stereocenters. The third-order valence-corrected chi connectivity index (χ3v) is 4.76. The number of carbonyl (C=O) groups is 3. The Hall–Kier alpha value is -2.92. The van der Waals surface area contributed by atoms with E-state index < -0.39 is 22.0 Å². The molecule has 0 aliphatic carbocycles. The Balaban J connectivity index is 1.62. The van der Waals surface area contributed by atoms with Crippen molar-refractivity contribution in [3.05, 3.63) is 45.1 Å². The van der Waals surface area contributed by atoms with Gasteiger partial charge in [-0.05, 0) is 30.0 Å². The maximum Gasteiger partial charge on any atom is 0.433 e. The minimum absolute atomic E-state index is 0.159. The van der Waals surface area contributed by atoms with Crippen LogP contribution in [0.3, 0.4) is 0 Å². The summed E-state index contributed by atoms with van der Waals surface area (Å²) in [5.41, 5.74) is 0. The van der Waals surface area contributed by atoms with Crippen LogP contribution < -0.4 is 0 Å². The van der Waals surface area contributed by atoms with Crippen LogP contribution in [0.25, 0.3) is 6.08 Å². The maximum absolute atomic E-state index is 12.3. The van der Waals surface area contributed by atoms with Crippen LogP contribution in [0.5, 0.6) is 0 Å². The molecule has 27 heavy (non-hydrogen) atoms. The first-order chi connectivity index (χ1) is 13.0. The molecule has 2 aliphatic rings. The fourth-order valence-electron chi connectivity index (χ4n) is 2.46. The normalized spacial score (nSPS) is 19.5. The van der Waals surface area contributed by atoms with E-state index in [1.807, 2.05) is 0 Å². The van der Waals surface area contributed by atoms with Crippen LogP contribution in [-0.4, -0.2) is 64.6 Å². The van der Waals surface area contributed by atoms with E-state index in [-0.39, 0.29) is 23.1 Å². The summed E-state index contributed by atoms with van der Waals surface area (Å²) in [5, 5.41) is 10.0. The number of nitrogens with zero attached hydrogens (tertiary/aromatic N) is 3. The number of allylic oxidation sites excluding steroid dienone is 2. The number of carbonyl (C=O) groups excluding carboxylic acids is 3. The lowest BCUT2D eigenvalue weighted by Crippen LogP contribution is -2.46. The highest BCUT2D eigenvalue weighted by atomic mass is 32.2. The van der Waals surface area contributed by atoms with E-state index >= 15 is 0 Å². The third kappa shape index (κ3) is 4.44. The molecule has 11 heteroatoms. The summed E-state index contributed by atoms with van der Waals surface area (Å²) in [7, 11) is 0. The zero-order chi connectivity index (χ0) is 19.4. The van der Waals surface area contributed by atoms with Gasteiger partial charge in [0.15, 0.2) is 0 Å². The van der Waals surface area contributed by atoms with E-state index in [2.05, 4.69) is 0 Å². The molecule has 142 valence electrons. The van der Waals surface area contributed by atoms with Crippen molar-refractivity contribution in [1.82, 2.24) is 9.80 Å². The molecule has 0 spiro atoms. The predicted molar refractivity (Wildman–Crippen MR) is 94.6 cm³/mol. The van der Waals surface area contributed by atoms with E-state index in [1.54, 1.807) is 4.90 Å². The maximum atomic E-state index is 12.3. The lowest BCUT2D eigenvalue weighted by molar-refractivity contribution is -0.402. The first kappa shape index (κ1) is 18.9. The number of furan rings is 1. The molecule has 2 fully saturated rings. The van der Waals surface area contributed by atoms with E-state index in [0.29, 0.717) is 26.3 Å². The van der Waals surface area contributed by atoms with Crippen LogP contribution in [0.15, 0.2) is 33.6 Å². The summed E-state index contributed by atoms with van der Waals surface area (Å²) in [5.74, 6) is -1.02. The highest BCUT2D eigenvalue weighted by Gasteiger charge is 2.37. The van der Waals surface area contributed by atoms with E-state index in [1.165, 1.54) is 30.4 Å². The highest BCUT2D eigenvalue weighted by molar-refractivity contribution is 8.18. The summed E-state index contributed by atoms with van der Waals surface area (Å²) in [6, 6.07) is 2.63. The first-order valence-electron chi connectivity index (χ1n) is 7.97. The highest BCUT2D eigenvalue weighted by Crippen LogP contribution is 2.30. The summed E-state index contributed by atoms with van der Waals surface area (Å²) >= 11 is 0.729. The Kier molecular flexibility index (Phi) is 5.72. The van der Waals surface area contributed by atoms with Crippen molar-refractivity contribution in [3.8, 4) is 0 Å². The molecule has 3 amide bonds. The second-order valence-electron chi connectivity index (χ2n) is 5.58. The van der Waals surface area contributed by atoms with Crippen molar-refractivity contribution in [2.45, 2.75) is 0 Å². The number of hydrogen-bond acceptors (Lipinski definition) is 8. The lowest BCUT2D eigenvalue weighted by Gasteiger charge is -2.27. The van der Waals surface area contributed by atoms with Crippen molar-refractivity contribution in [1.29, 1.82) is 0 Å². The second-order valence-corrected chi connectivity index (χ2v) is 6.57. The SMILES string of the molecule is O=C(CN1C(=O)S/C(=C\C=C\c2ccc([N+](=O)[O-])o2)C1=O)N1CCOCC1. The molecule has 1 aromatic heterocycles. The molecule has 0 unspecified atom stereocenters. The van der Waals surface area contributed by atoms with Gasteiger partial charge in [0.2, 0.25) is 5.91 Å². The van der Waals surface area contributed by atoms with Gasteiger partial charge in [0.1, 0.15) is 17.2 Å². The molecule has 2 saturated heterocycles. The van der Waals surface area contributed by atoms with Crippen LogP contribution in [0.4, 0.5) is 10.7 Å². The molecule has 0 bridgehead atoms. The summed E-state index contributed by atoms with van der Waals surface area (Å²) in [4.78, 5) is 49.1. The summed E-state index contributed by atoms with van der Waals surface area (Å²) in [6.07, 6.45) is 4.28. The monoisotopic (exact) mass is 393 g/mol. The number of thioether (sulfide) groups is 1. The molecule has 0 saturated carbocycles. The average Bonchev–Trinajstić information content (AvgIpc) is 3.23. The van der Waals surface area contributed by atoms with Gasteiger partial charge in [0, 0.05) is 13.1 Å². The first-order valence-corrected chi connectivity index (χ1v) is 8.79. The average molecular weight is 393 g/mol. The van der Waals surface area contributed by atoms with Crippen LogP contribution in [0.2, 0.25) is 0 Å². The van der Waals surface area contributed by atoms with Gasteiger partial charge in [-0.2, -0.15) is 0 Å². The Morgan fingerprint density at radius 1 is 1.30 bits per heavy atom. The van der Waals surface area contributed by atoms with E-state index in [9.17, 15) is 24.5 Å². The van der Waals surface area contributed by atoms with Crippen LogP contribution in [0.1, 0.15) is 5.76 Å². The van der Waals surface area contributed by atoms with Gasteiger partial charge in [-0.1, -0.05) is 6.08 Å². The van der Waals surface area contributed by atoms with Crippen molar-refractivity contribution in [2.24, 2.45) is 0 Å². The lowest BCUT2D eigenvalue weighted by atomic mass is 10.3. The van der Waals surface area contributed by atoms with Crippen molar-refractivity contribution in [3.63, 3.8) is 0 Å². The van der Waals surface area contributed by atoms with Gasteiger partial charge in [-0.15, -0.1) is 0 Å². The number of amides is 3. The molecule has 10 nitrogen and oxygen atoms in total. The minimum Gasteiger partial charge on any atom is -0.401 e. The fourth-order valence-corrected chi connectivity index (χ4v) is 3.25. The predicted octanol–water partition coefficient (Wildman–Crippen LogP) is 1.64. The molecule has 3 heterocycles. The summed E-state index contributed by atoms with van der Waals surface area (Å²) in [6.45, 7) is 1.43. The van der Waals surface area contributed by atoms with E-state index in [0.717, 1.165) is 16.7 Å². The van der Waals surface area contributed by atoms with Gasteiger partial charge < -0.3 is 14.1 Å². The molecule has 0 aromatic carbocycles. The Morgan fingerprint density at radius 2 is 2.04 bits per heavy atom. The quantitative estimate of drug-likeness (QED) is 0.420. The Labute approximate surface area is 157 Å². The van der Waals surface area contributed by atoms with Crippen LogP contribution in [0, 0.1) is 10.1 Å². The number of morpholine rings is 1. The van der Waals surface area contributed by atoms with Crippen LogP contribution >= 0.6 is 11.8 Å². The smallest absolute Gasteiger partial charge is 0.401 e. The standard InChI is InChI=1S/C16H15N3O7S/c20-13(17-6-8-25-9-7-17)10-18-15(21)12(27-16(18)22)3-1-2-11-4-5-14(26-11)19(23)24/h1-5H,6-10H2/b2-1+,12-3-. The van der Waals surface area contributed by atoms with Crippen LogP contribution in [-0.2, 0) is 14.3 Å². The van der Waals surface area contributed by atoms with Crippen molar-refractivity contribution < 1.29 is 28.5 Å². The molecule has 2 aliphatic heterocycles. The number of imide groups is 1. The number of ether oxygens (including phenoxy) is 1. The number of rotatable bonds is 5. The van der Waals surface area contributed by atoms with Gasteiger partial charge >= 0.3 is 5.88 Å². The zero-order valence-electron chi connectivity index (χ0n) is 14.0. The summed E-state index contributed by atoms with van der Waals surface area (Å²) < 4.78 is 10.1. The molecular weight excluding hydrogens is 378 g/mol. The Bertz CT molecular complexity index is 839. The van der Waals surface area contributed by atoms with Crippen molar-refractivity contribution in [2.75, 3.05) is 32.8 Å². The molecule has 1 aromatic rings. The topological polar surface area (TPSA) is 123 Å². The fraction of sp³-hybridized carbons (Fsp3) is 0.312. The largest absolute Gasteiger partial charge is 0.433 e. The molecule has 3 rings (SSSR count). The number of nitro groups is 1. The molecule has 0 N–H and O–H groups in total. The minimum atomic E-state index is -0.659. The molecule has 0 radical (unpaired) electrons. The van der Waals surface area contributed by atoms with Gasteiger partial charge in [-0.25, -0.2) is 0 Å². The molecular formula is C16H15N3O7S. The van der Waals surface area contributed by atoms with Crippen molar-refractivity contribution >= 4 is 40.8 Å². The van der Waals surface area contributed by atoms with Gasteiger partial charge in [0.05, 0.1) is 24.2 Å². The van der Waals surface area contributed by atoms with Gasteiger partial charge in [0.25, 0.3) is 11.1 Å². The zero-order valence-corrected chi connectivity index (χ0v) is 14.8. The Morgan fingerprint density at radius 3 is 2.70 bits per heavy atom. The van der Waals surface area contributed by atoms with Gasteiger partial charge in [-0.3, -0.25) is 29.4 Å². The second kappa shape index (κ2) is 8.18.